The van der Waals surface area contributed by atoms with Gasteiger partial charge in [-0.25, -0.2) is 9.37 Å². The molecule has 3 N–H and O–H groups in total. The number of halogens is 1. The van der Waals surface area contributed by atoms with Crippen molar-refractivity contribution in [2.75, 3.05) is 31.6 Å². The number of carbonyl (C=O) groups is 1. The van der Waals surface area contributed by atoms with Gasteiger partial charge >= 0.3 is 0 Å². The van der Waals surface area contributed by atoms with Crippen molar-refractivity contribution in [2.45, 2.75) is 37.9 Å². The molecule has 2 aromatic rings. The molecule has 0 bridgehead atoms. The van der Waals surface area contributed by atoms with Crippen LogP contribution in [0, 0.1) is 5.82 Å². The van der Waals surface area contributed by atoms with Gasteiger partial charge in [-0.15, -0.1) is 0 Å². The summed E-state index contributed by atoms with van der Waals surface area (Å²) in [5.74, 6) is 1.33. The van der Waals surface area contributed by atoms with Gasteiger partial charge in [-0.2, -0.15) is 0 Å². The summed E-state index contributed by atoms with van der Waals surface area (Å²) in [7, 11) is 1.72. The molecule has 1 aromatic heterocycles. The second-order valence-corrected chi connectivity index (χ2v) is 8.09. The second-order valence-electron chi connectivity index (χ2n) is 8.09. The summed E-state index contributed by atoms with van der Waals surface area (Å²) in [6.07, 6.45) is 4.59. The van der Waals surface area contributed by atoms with Crippen LogP contribution in [-0.4, -0.2) is 55.7 Å². The molecule has 1 aromatic carbocycles. The van der Waals surface area contributed by atoms with Crippen molar-refractivity contribution in [3.8, 4) is 5.75 Å². The number of guanidine groups is 1. The summed E-state index contributed by atoms with van der Waals surface area (Å²) in [5, 5.41) is 9.61. The van der Waals surface area contributed by atoms with E-state index in [1.54, 1.807) is 19.3 Å². The Balaban J connectivity index is 1.24. The van der Waals surface area contributed by atoms with E-state index in [0.717, 1.165) is 31.4 Å². The van der Waals surface area contributed by atoms with Gasteiger partial charge in [0.2, 0.25) is 0 Å². The van der Waals surface area contributed by atoms with E-state index >= 15 is 0 Å². The average Bonchev–Trinajstić information content (AvgIpc) is 3.50. The Morgan fingerprint density at radius 3 is 2.88 bits per heavy atom. The number of amides is 1. The number of aromatic nitrogens is 1. The maximum Gasteiger partial charge on any atom is 0.258 e. The van der Waals surface area contributed by atoms with Crippen LogP contribution in [0.25, 0.3) is 0 Å². The van der Waals surface area contributed by atoms with Gasteiger partial charge in [0.15, 0.2) is 24.2 Å². The van der Waals surface area contributed by atoms with E-state index in [4.69, 9.17) is 4.74 Å². The molecule has 1 atom stereocenters. The van der Waals surface area contributed by atoms with Crippen molar-refractivity contribution in [1.82, 2.24) is 20.9 Å². The number of carbonyl (C=O) groups excluding carboxylic acids is 1. The molecule has 1 saturated heterocycles. The zero-order valence-corrected chi connectivity index (χ0v) is 18.2. The molecule has 1 unspecified atom stereocenters. The van der Waals surface area contributed by atoms with Crippen molar-refractivity contribution >= 4 is 17.7 Å². The molecule has 170 valence electrons. The van der Waals surface area contributed by atoms with Crippen LogP contribution in [0.5, 0.6) is 5.75 Å². The van der Waals surface area contributed by atoms with Crippen molar-refractivity contribution in [1.29, 1.82) is 0 Å². The van der Waals surface area contributed by atoms with E-state index in [1.807, 2.05) is 29.2 Å². The van der Waals surface area contributed by atoms with Gasteiger partial charge in [-0.3, -0.25) is 9.79 Å². The number of hydrogen-bond donors (Lipinski definition) is 3. The largest absolute Gasteiger partial charge is 0.484 e. The van der Waals surface area contributed by atoms with E-state index in [0.29, 0.717) is 36.7 Å². The molecule has 0 radical (unpaired) electrons. The molecule has 2 heterocycles. The highest BCUT2D eigenvalue weighted by atomic mass is 19.1. The minimum Gasteiger partial charge on any atom is -0.484 e. The third kappa shape index (κ3) is 6.09. The van der Waals surface area contributed by atoms with E-state index in [9.17, 15) is 9.18 Å². The Morgan fingerprint density at radius 2 is 2.09 bits per heavy atom. The average molecular weight is 441 g/mol. The fraction of sp³-hybridized carbons (Fsp3) is 0.435. The van der Waals surface area contributed by atoms with Gasteiger partial charge in [0.25, 0.3) is 5.91 Å². The van der Waals surface area contributed by atoms with Gasteiger partial charge in [-0.1, -0.05) is 12.1 Å². The maximum atomic E-state index is 14.0. The second kappa shape index (κ2) is 10.3. The predicted molar refractivity (Wildman–Crippen MR) is 121 cm³/mol. The summed E-state index contributed by atoms with van der Waals surface area (Å²) >= 11 is 0. The first-order valence-corrected chi connectivity index (χ1v) is 10.9. The van der Waals surface area contributed by atoms with E-state index in [2.05, 4.69) is 25.9 Å². The fourth-order valence-corrected chi connectivity index (χ4v) is 3.65. The summed E-state index contributed by atoms with van der Waals surface area (Å²) in [6, 6.07) is 11.1. The highest BCUT2D eigenvalue weighted by Crippen LogP contribution is 2.21. The summed E-state index contributed by atoms with van der Waals surface area (Å²) in [4.78, 5) is 22.2. The summed E-state index contributed by atoms with van der Waals surface area (Å²) < 4.78 is 19.6. The summed E-state index contributed by atoms with van der Waals surface area (Å²) in [5.41, 5.74) is 1.01. The molecule has 9 heteroatoms. The monoisotopic (exact) mass is 440 g/mol. The lowest BCUT2D eigenvalue weighted by atomic mass is 10.2. The molecule has 32 heavy (non-hydrogen) atoms. The van der Waals surface area contributed by atoms with Crippen LogP contribution in [0.15, 0.2) is 47.6 Å². The number of nitrogens with zero attached hydrogens (tertiary/aromatic N) is 3. The quantitative estimate of drug-likeness (QED) is 0.429. The van der Waals surface area contributed by atoms with E-state index < -0.39 is 0 Å². The lowest BCUT2D eigenvalue weighted by Gasteiger charge is -2.20. The molecule has 1 saturated carbocycles. The van der Waals surface area contributed by atoms with Crippen LogP contribution in [0.2, 0.25) is 0 Å². The Bertz CT molecular complexity index is 965. The number of ether oxygens (including phenoxy) is 1. The van der Waals surface area contributed by atoms with Gasteiger partial charge in [0, 0.05) is 45.0 Å². The third-order valence-corrected chi connectivity index (χ3v) is 5.46. The number of anilines is 1. The predicted octanol–water partition coefficient (Wildman–Crippen LogP) is 1.82. The Labute approximate surface area is 187 Å². The van der Waals surface area contributed by atoms with Crippen LogP contribution in [0.4, 0.5) is 10.2 Å². The smallest absolute Gasteiger partial charge is 0.258 e. The van der Waals surface area contributed by atoms with Crippen molar-refractivity contribution in [3.63, 3.8) is 0 Å². The van der Waals surface area contributed by atoms with Gasteiger partial charge < -0.3 is 25.6 Å². The Hall–Kier alpha value is -3.36. The third-order valence-electron chi connectivity index (χ3n) is 5.46. The number of aliphatic imine (C=N–C) groups is 1. The molecular formula is C23H29FN6O2. The van der Waals surface area contributed by atoms with Crippen molar-refractivity contribution in [2.24, 2.45) is 4.99 Å². The molecule has 1 aliphatic heterocycles. The Morgan fingerprint density at radius 1 is 1.22 bits per heavy atom. The van der Waals surface area contributed by atoms with Crippen LogP contribution in [0.3, 0.4) is 0 Å². The van der Waals surface area contributed by atoms with E-state index in [-0.39, 0.29) is 24.4 Å². The fourth-order valence-electron chi connectivity index (χ4n) is 3.65. The highest BCUT2D eigenvalue weighted by molar-refractivity contribution is 5.80. The first-order chi connectivity index (χ1) is 15.6. The molecule has 2 fully saturated rings. The molecule has 8 nitrogen and oxygen atoms in total. The standard InChI is InChI=1S/C23H29FN6O2/c1-25-23(29-18-9-11-30(14-18)22-20(24)6-3-10-26-22)27-13-16-4-2-5-19(12-16)32-15-21(31)28-17-7-8-17/h2-6,10,12,17-18H,7-9,11,13-15H2,1H3,(H,28,31)(H2,25,27,29). The van der Waals surface area contributed by atoms with Gasteiger partial charge in [0.05, 0.1) is 0 Å². The number of nitrogens with one attached hydrogen (secondary N) is 3. The highest BCUT2D eigenvalue weighted by Gasteiger charge is 2.26. The van der Waals surface area contributed by atoms with Crippen molar-refractivity contribution in [3.05, 3.63) is 54.0 Å². The van der Waals surface area contributed by atoms with Crippen LogP contribution < -0.4 is 25.6 Å². The lowest BCUT2D eigenvalue weighted by molar-refractivity contribution is -0.123. The van der Waals surface area contributed by atoms with Crippen LogP contribution in [-0.2, 0) is 11.3 Å². The topological polar surface area (TPSA) is 90.9 Å². The zero-order valence-electron chi connectivity index (χ0n) is 18.2. The van der Waals surface area contributed by atoms with Crippen molar-refractivity contribution < 1.29 is 13.9 Å². The number of rotatable bonds is 8. The van der Waals surface area contributed by atoms with E-state index in [1.165, 1.54) is 6.07 Å². The normalized spacial score (nSPS) is 18.4. The summed E-state index contributed by atoms with van der Waals surface area (Å²) in [6.45, 7) is 1.96. The molecule has 0 spiro atoms. The molecule has 1 aliphatic carbocycles. The van der Waals surface area contributed by atoms with Crippen LogP contribution in [0.1, 0.15) is 24.8 Å². The Kier molecular flexibility index (Phi) is 7.03. The maximum absolute atomic E-state index is 14.0. The molecular weight excluding hydrogens is 411 g/mol. The molecule has 2 aliphatic rings. The number of hydrogen-bond acceptors (Lipinski definition) is 5. The van der Waals surface area contributed by atoms with Crippen LogP contribution >= 0.6 is 0 Å². The van der Waals surface area contributed by atoms with Gasteiger partial charge in [0.1, 0.15) is 5.75 Å². The zero-order chi connectivity index (χ0) is 22.3. The minimum atomic E-state index is -0.303. The number of pyridine rings is 1. The first-order valence-electron chi connectivity index (χ1n) is 10.9. The minimum absolute atomic E-state index is 0.0195. The SMILES string of the molecule is CN=C(NCc1cccc(OCC(=O)NC2CC2)c1)NC1CCN(c2ncccc2F)C1. The number of benzene rings is 1. The van der Waals surface area contributed by atoms with Gasteiger partial charge in [-0.05, 0) is 49.1 Å². The molecule has 1 amide bonds. The first kappa shape index (κ1) is 21.9. The molecule has 4 rings (SSSR count). The lowest BCUT2D eigenvalue weighted by Crippen LogP contribution is -2.44.